The van der Waals surface area contributed by atoms with Crippen molar-refractivity contribution in [2.75, 3.05) is 28.1 Å². The average Bonchev–Trinajstić information content (AvgIpc) is 3.20. The van der Waals surface area contributed by atoms with E-state index in [1.807, 2.05) is 42.5 Å². The van der Waals surface area contributed by atoms with Crippen molar-refractivity contribution in [2.24, 2.45) is 0 Å². The Kier molecular flexibility index (Phi) is 5.86. The zero-order valence-electron chi connectivity index (χ0n) is 19.3. The molecule has 0 amide bonds. The van der Waals surface area contributed by atoms with Crippen LogP contribution in [0.25, 0.3) is 6.08 Å². The summed E-state index contributed by atoms with van der Waals surface area (Å²) in [5.74, 6) is 3.46. The Balaban J connectivity index is 1.40. The Hall–Kier alpha value is -3.97. The van der Waals surface area contributed by atoms with Crippen molar-refractivity contribution in [1.29, 1.82) is 0 Å². The van der Waals surface area contributed by atoms with Gasteiger partial charge in [-0.25, -0.2) is 0 Å². The number of hydrogen-bond donors (Lipinski definition) is 0. The fourth-order valence-electron chi connectivity index (χ4n) is 4.17. The maximum Gasteiger partial charge on any atom is 0.231 e. The topological polar surface area (TPSA) is 66.5 Å². The quantitative estimate of drug-likeness (QED) is 0.496. The van der Waals surface area contributed by atoms with Gasteiger partial charge >= 0.3 is 0 Å². The minimum absolute atomic E-state index is 0.164. The van der Waals surface area contributed by atoms with Crippen LogP contribution in [0.15, 0.2) is 60.4 Å². The molecule has 0 radical (unpaired) electrons. The number of Topliss-reactive ketones (excluding diaryl/α,β-unsaturated/α-hetero) is 1. The Labute approximate surface area is 198 Å². The molecule has 3 aromatic carbocycles. The lowest BCUT2D eigenvalue weighted by Crippen LogP contribution is -2.31. The molecule has 0 spiro atoms. The lowest BCUT2D eigenvalue weighted by atomic mass is 10.0. The molecule has 7 heteroatoms. The Bertz CT molecular complexity index is 1260. The van der Waals surface area contributed by atoms with Crippen LogP contribution in [0.4, 0.5) is 0 Å². The zero-order chi connectivity index (χ0) is 23.7. The SMILES string of the molecule is COc1ccc(CN2COc3ccc4c(c3C2)O/C(=C\c2ccc(OC)cc2OC)C4=O)cc1. The smallest absolute Gasteiger partial charge is 0.231 e. The summed E-state index contributed by atoms with van der Waals surface area (Å²) in [5.41, 5.74) is 3.28. The monoisotopic (exact) mass is 459 g/mol. The second-order valence-electron chi connectivity index (χ2n) is 8.08. The first kappa shape index (κ1) is 21.9. The predicted molar refractivity (Wildman–Crippen MR) is 127 cm³/mol. The first-order valence-corrected chi connectivity index (χ1v) is 10.9. The van der Waals surface area contributed by atoms with Gasteiger partial charge in [-0.3, -0.25) is 9.69 Å². The van der Waals surface area contributed by atoms with E-state index in [0.29, 0.717) is 42.6 Å². The van der Waals surface area contributed by atoms with Gasteiger partial charge in [-0.1, -0.05) is 12.1 Å². The molecule has 0 fully saturated rings. The first-order chi connectivity index (χ1) is 16.6. The minimum atomic E-state index is -0.164. The van der Waals surface area contributed by atoms with E-state index in [2.05, 4.69) is 4.90 Å². The lowest BCUT2D eigenvalue weighted by molar-refractivity contribution is 0.0872. The van der Waals surface area contributed by atoms with Crippen LogP contribution in [-0.2, 0) is 13.1 Å². The Morgan fingerprint density at radius 1 is 0.941 bits per heavy atom. The molecule has 2 aliphatic rings. The van der Waals surface area contributed by atoms with Crippen LogP contribution in [0, 0.1) is 0 Å². The molecule has 174 valence electrons. The second-order valence-corrected chi connectivity index (χ2v) is 8.08. The van der Waals surface area contributed by atoms with Gasteiger partial charge in [0.2, 0.25) is 5.78 Å². The molecule has 0 unspecified atom stereocenters. The van der Waals surface area contributed by atoms with Crippen molar-refractivity contribution in [3.63, 3.8) is 0 Å². The van der Waals surface area contributed by atoms with E-state index in [9.17, 15) is 4.79 Å². The average molecular weight is 459 g/mol. The molecule has 5 rings (SSSR count). The third-order valence-corrected chi connectivity index (χ3v) is 5.97. The van der Waals surface area contributed by atoms with Gasteiger partial charge in [0.05, 0.1) is 32.5 Å². The number of rotatable bonds is 6. The fourth-order valence-corrected chi connectivity index (χ4v) is 4.17. The summed E-state index contributed by atoms with van der Waals surface area (Å²) in [4.78, 5) is 15.3. The number of ketones is 1. The number of nitrogens with zero attached hydrogens (tertiary/aromatic N) is 1. The highest BCUT2D eigenvalue weighted by Crippen LogP contribution is 2.42. The summed E-state index contributed by atoms with van der Waals surface area (Å²) in [5, 5.41) is 0. The molecule has 0 aromatic heterocycles. The zero-order valence-corrected chi connectivity index (χ0v) is 19.3. The van der Waals surface area contributed by atoms with Crippen molar-refractivity contribution in [3.05, 3.63) is 82.6 Å². The van der Waals surface area contributed by atoms with Gasteiger partial charge in [-0.05, 0) is 48.0 Å². The van der Waals surface area contributed by atoms with Crippen LogP contribution in [0.3, 0.4) is 0 Å². The number of methoxy groups -OCH3 is 3. The third kappa shape index (κ3) is 4.06. The summed E-state index contributed by atoms with van der Waals surface area (Å²) in [6.45, 7) is 1.77. The molecule has 0 aliphatic carbocycles. The Morgan fingerprint density at radius 2 is 1.71 bits per heavy atom. The van der Waals surface area contributed by atoms with Crippen molar-refractivity contribution >= 4 is 11.9 Å². The maximum atomic E-state index is 13.1. The summed E-state index contributed by atoms with van der Waals surface area (Å²) in [7, 11) is 4.82. The minimum Gasteiger partial charge on any atom is -0.497 e. The lowest BCUT2D eigenvalue weighted by Gasteiger charge is -2.29. The number of carbonyl (C=O) groups is 1. The highest BCUT2D eigenvalue weighted by Gasteiger charge is 2.33. The molecule has 0 N–H and O–H groups in total. The van der Waals surface area contributed by atoms with E-state index in [4.69, 9.17) is 23.7 Å². The fraction of sp³-hybridized carbons (Fsp3) is 0.222. The molecule has 0 saturated heterocycles. The summed E-state index contributed by atoms with van der Waals surface area (Å²) in [6, 6.07) is 17.0. The van der Waals surface area contributed by atoms with Gasteiger partial charge in [0.15, 0.2) is 5.76 Å². The van der Waals surface area contributed by atoms with Gasteiger partial charge in [0, 0.05) is 24.7 Å². The van der Waals surface area contributed by atoms with Crippen LogP contribution in [0.2, 0.25) is 0 Å². The molecule has 7 nitrogen and oxygen atoms in total. The molecule has 3 aromatic rings. The normalized spacial score (nSPS) is 15.9. The number of allylic oxidation sites excluding steroid dienone is 1. The number of fused-ring (bicyclic) bond motifs is 3. The Morgan fingerprint density at radius 3 is 2.44 bits per heavy atom. The highest BCUT2D eigenvalue weighted by atomic mass is 16.5. The highest BCUT2D eigenvalue weighted by molar-refractivity contribution is 6.15. The van der Waals surface area contributed by atoms with E-state index < -0.39 is 0 Å². The van der Waals surface area contributed by atoms with Crippen LogP contribution >= 0.6 is 0 Å². The van der Waals surface area contributed by atoms with E-state index in [1.54, 1.807) is 39.5 Å². The van der Waals surface area contributed by atoms with E-state index in [0.717, 1.165) is 28.2 Å². The molecule has 0 saturated carbocycles. The molecule has 0 atom stereocenters. The van der Waals surface area contributed by atoms with Crippen molar-refractivity contribution in [2.45, 2.75) is 13.1 Å². The van der Waals surface area contributed by atoms with Gasteiger partial charge < -0.3 is 23.7 Å². The summed E-state index contributed by atoms with van der Waals surface area (Å²) in [6.07, 6.45) is 1.70. The maximum absolute atomic E-state index is 13.1. The molecule has 34 heavy (non-hydrogen) atoms. The molecule has 2 aliphatic heterocycles. The number of hydrogen-bond acceptors (Lipinski definition) is 7. The first-order valence-electron chi connectivity index (χ1n) is 10.9. The van der Waals surface area contributed by atoms with E-state index in [1.165, 1.54) is 0 Å². The third-order valence-electron chi connectivity index (χ3n) is 5.97. The van der Waals surface area contributed by atoms with Gasteiger partial charge in [0.25, 0.3) is 0 Å². The van der Waals surface area contributed by atoms with Crippen molar-refractivity contribution < 1.29 is 28.5 Å². The van der Waals surface area contributed by atoms with Gasteiger partial charge in [0.1, 0.15) is 35.5 Å². The largest absolute Gasteiger partial charge is 0.497 e. The van der Waals surface area contributed by atoms with Gasteiger partial charge in [-0.15, -0.1) is 0 Å². The van der Waals surface area contributed by atoms with E-state index in [-0.39, 0.29) is 11.5 Å². The molecular weight excluding hydrogens is 434 g/mol. The summed E-state index contributed by atoms with van der Waals surface area (Å²) < 4.78 is 28.0. The van der Waals surface area contributed by atoms with Crippen molar-refractivity contribution in [1.82, 2.24) is 4.90 Å². The van der Waals surface area contributed by atoms with Gasteiger partial charge in [-0.2, -0.15) is 0 Å². The van der Waals surface area contributed by atoms with Crippen LogP contribution in [0.5, 0.6) is 28.7 Å². The van der Waals surface area contributed by atoms with Crippen LogP contribution < -0.4 is 23.7 Å². The second kappa shape index (κ2) is 9.11. The molecular formula is C27H25NO6. The summed E-state index contributed by atoms with van der Waals surface area (Å²) >= 11 is 0. The van der Waals surface area contributed by atoms with Crippen molar-refractivity contribution in [3.8, 4) is 28.7 Å². The standard InChI is InChI=1S/C27H25NO6/c1-30-19-7-4-17(5-8-19)14-28-15-22-23(33-16-28)11-10-21-26(29)25(34-27(21)22)12-18-6-9-20(31-2)13-24(18)32-3/h4-13H,14-16H2,1-3H3/b25-12-. The van der Waals surface area contributed by atoms with Crippen LogP contribution in [-0.4, -0.2) is 38.7 Å². The number of carbonyl (C=O) groups excluding carboxylic acids is 1. The van der Waals surface area contributed by atoms with E-state index >= 15 is 0 Å². The number of ether oxygens (including phenoxy) is 5. The predicted octanol–water partition coefficient (Wildman–Crippen LogP) is 4.68. The number of benzene rings is 3. The molecule has 2 heterocycles. The molecule has 0 bridgehead atoms. The van der Waals surface area contributed by atoms with Crippen LogP contribution in [0.1, 0.15) is 27.0 Å².